The third-order valence-electron chi connectivity index (χ3n) is 5.51. The highest BCUT2D eigenvalue weighted by molar-refractivity contribution is 7.94. The Balaban J connectivity index is 1.58. The van der Waals surface area contributed by atoms with Crippen molar-refractivity contribution in [3.8, 4) is 0 Å². The number of sulfonamides is 1. The quantitative estimate of drug-likeness (QED) is 0.388. The van der Waals surface area contributed by atoms with Crippen molar-refractivity contribution in [1.29, 1.82) is 0 Å². The largest absolute Gasteiger partial charge is 0.341 e. The van der Waals surface area contributed by atoms with Gasteiger partial charge in [0, 0.05) is 12.6 Å². The van der Waals surface area contributed by atoms with E-state index in [0.29, 0.717) is 11.3 Å². The van der Waals surface area contributed by atoms with E-state index in [1.54, 1.807) is 41.8 Å². The molecule has 0 saturated heterocycles. The van der Waals surface area contributed by atoms with Gasteiger partial charge in [-0.15, -0.1) is 11.3 Å². The van der Waals surface area contributed by atoms with Gasteiger partial charge in [-0.1, -0.05) is 60.7 Å². The highest BCUT2D eigenvalue weighted by Crippen LogP contribution is 2.27. The highest BCUT2D eigenvalue weighted by atomic mass is 32.2. The molecule has 168 valence electrons. The van der Waals surface area contributed by atoms with Gasteiger partial charge in [-0.3, -0.25) is 9.10 Å². The SMILES string of the molecule is Cc1ccccc1[C@@H](NC(=O)c1ccc(N(C)S(=O)(=O)c2cccs2)cc1)c1ccccc1. The third kappa shape index (κ3) is 4.84. The van der Waals surface area contributed by atoms with Crippen molar-refractivity contribution >= 4 is 33.0 Å². The molecule has 33 heavy (non-hydrogen) atoms. The first kappa shape index (κ1) is 22.8. The van der Waals surface area contributed by atoms with E-state index in [1.165, 1.54) is 22.7 Å². The van der Waals surface area contributed by atoms with Gasteiger partial charge < -0.3 is 5.32 Å². The number of benzene rings is 3. The molecule has 0 bridgehead atoms. The van der Waals surface area contributed by atoms with Gasteiger partial charge in [0.25, 0.3) is 15.9 Å². The Morgan fingerprint density at radius 3 is 2.18 bits per heavy atom. The number of anilines is 1. The summed E-state index contributed by atoms with van der Waals surface area (Å²) in [6, 6.07) is 27.4. The van der Waals surface area contributed by atoms with Crippen LogP contribution in [0.4, 0.5) is 5.69 Å². The topological polar surface area (TPSA) is 66.5 Å². The molecule has 0 radical (unpaired) electrons. The van der Waals surface area contributed by atoms with E-state index in [9.17, 15) is 13.2 Å². The van der Waals surface area contributed by atoms with Crippen molar-refractivity contribution in [3.63, 3.8) is 0 Å². The Morgan fingerprint density at radius 2 is 1.55 bits per heavy atom. The van der Waals surface area contributed by atoms with E-state index in [4.69, 9.17) is 0 Å². The minimum atomic E-state index is -3.63. The van der Waals surface area contributed by atoms with Crippen LogP contribution in [0.2, 0.25) is 0 Å². The maximum absolute atomic E-state index is 13.1. The molecule has 1 N–H and O–H groups in total. The molecule has 0 aliphatic carbocycles. The lowest BCUT2D eigenvalue weighted by Crippen LogP contribution is -2.30. The third-order valence-corrected chi connectivity index (χ3v) is 8.67. The summed E-state index contributed by atoms with van der Waals surface area (Å²) < 4.78 is 27.0. The number of hydrogen-bond acceptors (Lipinski definition) is 4. The number of aryl methyl sites for hydroxylation is 1. The van der Waals surface area contributed by atoms with Gasteiger partial charge in [0.05, 0.1) is 11.7 Å². The van der Waals surface area contributed by atoms with Gasteiger partial charge in [0.15, 0.2) is 0 Å². The molecular weight excluding hydrogens is 452 g/mol. The maximum atomic E-state index is 13.1. The van der Waals surface area contributed by atoms with Crippen molar-refractivity contribution < 1.29 is 13.2 Å². The molecule has 1 amide bonds. The first-order valence-electron chi connectivity index (χ1n) is 10.4. The van der Waals surface area contributed by atoms with Crippen molar-refractivity contribution in [3.05, 3.63) is 119 Å². The summed E-state index contributed by atoms with van der Waals surface area (Å²) in [5.74, 6) is -0.234. The Labute approximate surface area is 198 Å². The van der Waals surface area contributed by atoms with E-state index < -0.39 is 10.0 Å². The number of rotatable bonds is 7. The van der Waals surface area contributed by atoms with Crippen LogP contribution in [0.25, 0.3) is 0 Å². The second-order valence-electron chi connectivity index (χ2n) is 7.63. The smallest absolute Gasteiger partial charge is 0.273 e. The number of nitrogens with zero attached hydrogens (tertiary/aromatic N) is 1. The molecule has 1 aromatic heterocycles. The molecule has 0 unspecified atom stereocenters. The molecule has 5 nitrogen and oxygen atoms in total. The monoisotopic (exact) mass is 476 g/mol. The second kappa shape index (κ2) is 9.60. The lowest BCUT2D eigenvalue weighted by Gasteiger charge is -2.22. The molecule has 0 saturated carbocycles. The molecule has 7 heteroatoms. The van der Waals surface area contributed by atoms with Crippen LogP contribution in [0.1, 0.15) is 33.1 Å². The predicted octanol–water partition coefficient (Wildman–Crippen LogP) is 5.40. The van der Waals surface area contributed by atoms with Crippen LogP contribution in [0.5, 0.6) is 0 Å². The number of carbonyl (C=O) groups is 1. The number of amides is 1. The van der Waals surface area contributed by atoms with Gasteiger partial charge in [-0.25, -0.2) is 8.42 Å². The summed E-state index contributed by atoms with van der Waals surface area (Å²) in [6.07, 6.45) is 0. The Hall–Kier alpha value is -3.42. The summed E-state index contributed by atoms with van der Waals surface area (Å²) in [4.78, 5) is 13.1. The minimum Gasteiger partial charge on any atom is -0.341 e. The zero-order valence-corrected chi connectivity index (χ0v) is 19.9. The average Bonchev–Trinajstić information content (AvgIpc) is 3.39. The van der Waals surface area contributed by atoms with Crippen molar-refractivity contribution in [2.75, 3.05) is 11.4 Å². The zero-order valence-electron chi connectivity index (χ0n) is 18.3. The second-order valence-corrected chi connectivity index (χ2v) is 10.8. The van der Waals surface area contributed by atoms with Crippen LogP contribution in [0.3, 0.4) is 0 Å². The molecule has 0 aliphatic rings. The highest BCUT2D eigenvalue weighted by Gasteiger charge is 2.23. The Bertz CT molecular complexity index is 1330. The van der Waals surface area contributed by atoms with E-state index in [-0.39, 0.29) is 16.2 Å². The normalized spacial score (nSPS) is 12.2. The van der Waals surface area contributed by atoms with Crippen LogP contribution in [0.15, 0.2) is 101 Å². The van der Waals surface area contributed by atoms with Gasteiger partial charge in [0.1, 0.15) is 4.21 Å². The first-order valence-corrected chi connectivity index (χ1v) is 12.7. The number of nitrogens with one attached hydrogen (secondary N) is 1. The lowest BCUT2D eigenvalue weighted by atomic mass is 9.94. The lowest BCUT2D eigenvalue weighted by molar-refractivity contribution is 0.0943. The molecule has 1 heterocycles. The van der Waals surface area contributed by atoms with Gasteiger partial charge in [-0.05, 0) is 59.3 Å². The maximum Gasteiger partial charge on any atom is 0.273 e. The number of thiophene rings is 1. The van der Waals surface area contributed by atoms with Crippen LogP contribution in [-0.2, 0) is 10.0 Å². The van der Waals surface area contributed by atoms with E-state index in [2.05, 4.69) is 5.32 Å². The average molecular weight is 477 g/mol. The standard InChI is InChI=1S/C26H24N2O3S2/c1-19-9-6-7-12-23(19)25(20-10-4-3-5-11-20)27-26(29)21-14-16-22(17-15-21)28(2)33(30,31)24-13-8-18-32-24/h3-18,25H,1-2H3,(H,27,29)/t25-/m0/s1. The zero-order chi connectivity index (χ0) is 23.4. The van der Waals surface area contributed by atoms with Crippen molar-refractivity contribution in [2.24, 2.45) is 0 Å². The number of carbonyl (C=O) groups excluding carboxylic acids is 1. The fourth-order valence-electron chi connectivity index (χ4n) is 3.62. The summed E-state index contributed by atoms with van der Waals surface area (Å²) in [7, 11) is -2.12. The van der Waals surface area contributed by atoms with Crippen LogP contribution >= 0.6 is 11.3 Å². The molecule has 4 rings (SSSR count). The van der Waals surface area contributed by atoms with Crippen LogP contribution in [0, 0.1) is 6.92 Å². The van der Waals surface area contributed by atoms with E-state index in [0.717, 1.165) is 16.7 Å². The van der Waals surface area contributed by atoms with E-state index >= 15 is 0 Å². The fraction of sp³-hybridized carbons (Fsp3) is 0.115. The van der Waals surface area contributed by atoms with Gasteiger partial charge in [-0.2, -0.15) is 0 Å². The summed E-state index contributed by atoms with van der Waals surface area (Å²) in [6.45, 7) is 2.02. The fourth-order valence-corrected chi connectivity index (χ4v) is 5.97. The molecule has 0 spiro atoms. The molecule has 1 atom stereocenters. The number of hydrogen-bond donors (Lipinski definition) is 1. The van der Waals surface area contributed by atoms with Crippen molar-refractivity contribution in [2.45, 2.75) is 17.2 Å². The minimum absolute atomic E-state index is 0.234. The van der Waals surface area contributed by atoms with Crippen LogP contribution < -0.4 is 9.62 Å². The predicted molar refractivity (Wildman–Crippen MR) is 133 cm³/mol. The van der Waals surface area contributed by atoms with Crippen LogP contribution in [-0.4, -0.2) is 21.4 Å². The Kier molecular flexibility index (Phi) is 6.62. The molecular formula is C26H24N2O3S2. The van der Waals surface area contributed by atoms with E-state index in [1.807, 2.05) is 61.5 Å². The first-order chi connectivity index (χ1) is 15.9. The molecule has 4 aromatic rings. The van der Waals surface area contributed by atoms with Gasteiger partial charge >= 0.3 is 0 Å². The molecule has 3 aromatic carbocycles. The van der Waals surface area contributed by atoms with Gasteiger partial charge in [0.2, 0.25) is 0 Å². The summed E-state index contributed by atoms with van der Waals surface area (Å²) >= 11 is 1.17. The summed E-state index contributed by atoms with van der Waals surface area (Å²) in [5.41, 5.74) is 4.03. The van der Waals surface area contributed by atoms with Crippen molar-refractivity contribution in [1.82, 2.24) is 5.32 Å². The molecule has 0 fully saturated rings. The summed E-state index contributed by atoms with van der Waals surface area (Å²) in [5, 5.41) is 4.87. The molecule has 0 aliphatic heterocycles. The Morgan fingerprint density at radius 1 is 0.879 bits per heavy atom.